The summed E-state index contributed by atoms with van der Waals surface area (Å²) < 4.78 is 2.03. The van der Waals surface area contributed by atoms with Crippen molar-refractivity contribution >= 4 is 11.8 Å². The van der Waals surface area contributed by atoms with E-state index in [0.29, 0.717) is 0 Å². The molecule has 0 radical (unpaired) electrons. The van der Waals surface area contributed by atoms with E-state index in [1.807, 2.05) is 29.8 Å². The lowest BCUT2D eigenvalue weighted by molar-refractivity contribution is 0.793. The van der Waals surface area contributed by atoms with Crippen molar-refractivity contribution in [3.05, 3.63) is 60.4 Å². The molecule has 0 spiro atoms. The van der Waals surface area contributed by atoms with Crippen molar-refractivity contribution in [2.45, 2.75) is 11.6 Å². The van der Waals surface area contributed by atoms with E-state index in [-0.39, 0.29) is 0 Å². The second kappa shape index (κ2) is 6.54. The summed E-state index contributed by atoms with van der Waals surface area (Å²) in [6.45, 7) is 0. The van der Waals surface area contributed by atoms with Crippen LogP contribution in [-0.4, -0.2) is 25.5 Å². The average molecular weight is 296 g/mol. The van der Waals surface area contributed by atoms with Crippen molar-refractivity contribution in [3.63, 3.8) is 0 Å². The van der Waals surface area contributed by atoms with Gasteiger partial charge in [-0.3, -0.25) is 4.98 Å². The summed E-state index contributed by atoms with van der Waals surface area (Å²) >= 11 is 1.73. The molecule has 0 saturated heterocycles. The number of aromatic nitrogens is 4. The van der Waals surface area contributed by atoms with Crippen molar-refractivity contribution in [2.24, 2.45) is 7.05 Å². The summed E-state index contributed by atoms with van der Waals surface area (Å²) in [5.74, 6) is 1.87. The first kappa shape index (κ1) is 13.8. The van der Waals surface area contributed by atoms with Crippen molar-refractivity contribution in [1.82, 2.24) is 19.7 Å². The maximum absolute atomic E-state index is 4.28. The van der Waals surface area contributed by atoms with Crippen molar-refractivity contribution in [2.75, 3.05) is 5.75 Å². The number of benzene rings is 1. The summed E-state index contributed by atoms with van der Waals surface area (Å²) in [6.07, 6.45) is 4.57. The second-order valence-corrected chi connectivity index (χ2v) is 5.75. The average Bonchev–Trinajstić information content (AvgIpc) is 2.90. The Morgan fingerprint density at radius 3 is 2.52 bits per heavy atom. The Kier molecular flexibility index (Phi) is 4.31. The molecule has 4 nitrogen and oxygen atoms in total. The van der Waals surface area contributed by atoms with Crippen LogP contribution < -0.4 is 0 Å². The van der Waals surface area contributed by atoms with Gasteiger partial charge in [-0.05, 0) is 24.1 Å². The molecule has 106 valence electrons. The van der Waals surface area contributed by atoms with Gasteiger partial charge in [-0.25, -0.2) is 0 Å². The summed E-state index contributed by atoms with van der Waals surface area (Å²) in [5, 5.41) is 9.50. The minimum absolute atomic E-state index is 0.875. The molecule has 0 amide bonds. The zero-order valence-corrected chi connectivity index (χ0v) is 12.6. The molecule has 0 saturated carbocycles. The normalized spacial score (nSPS) is 10.7. The van der Waals surface area contributed by atoms with E-state index in [0.717, 1.165) is 28.7 Å². The third-order valence-corrected chi connectivity index (χ3v) is 4.26. The van der Waals surface area contributed by atoms with Crippen LogP contribution >= 0.6 is 11.8 Å². The van der Waals surface area contributed by atoms with Gasteiger partial charge < -0.3 is 4.57 Å². The van der Waals surface area contributed by atoms with E-state index in [2.05, 4.69) is 39.4 Å². The Balaban J connectivity index is 1.66. The second-order valence-electron chi connectivity index (χ2n) is 4.69. The van der Waals surface area contributed by atoms with Gasteiger partial charge in [0.15, 0.2) is 11.0 Å². The molecule has 2 heterocycles. The van der Waals surface area contributed by atoms with E-state index < -0.39 is 0 Å². The molecule has 2 aromatic heterocycles. The monoisotopic (exact) mass is 296 g/mol. The van der Waals surface area contributed by atoms with Gasteiger partial charge in [0, 0.05) is 30.8 Å². The number of hydrogen-bond acceptors (Lipinski definition) is 4. The van der Waals surface area contributed by atoms with Gasteiger partial charge in [0.25, 0.3) is 0 Å². The molecule has 0 aliphatic carbocycles. The fourth-order valence-electron chi connectivity index (χ4n) is 2.10. The molecule has 0 unspecified atom stereocenters. The summed E-state index contributed by atoms with van der Waals surface area (Å²) in [5.41, 5.74) is 2.39. The highest BCUT2D eigenvalue weighted by molar-refractivity contribution is 7.99. The Hall–Kier alpha value is -2.14. The Bertz CT molecular complexity index is 695. The van der Waals surface area contributed by atoms with Crippen LogP contribution in [0.25, 0.3) is 11.4 Å². The first-order valence-electron chi connectivity index (χ1n) is 6.81. The highest BCUT2D eigenvalue weighted by atomic mass is 32.2. The number of rotatable bonds is 5. The van der Waals surface area contributed by atoms with Crippen molar-refractivity contribution < 1.29 is 0 Å². The first-order chi connectivity index (χ1) is 10.3. The van der Waals surface area contributed by atoms with Crippen LogP contribution in [0.3, 0.4) is 0 Å². The Morgan fingerprint density at radius 1 is 1.00 bits per heavy atom. The molecular formula is C16H16N4S. The first-order valence-corrected chi connectivity index (χ1v) is 7.79. The van der Waals surface area contributed by atoms with E-state index >= 15 is 0 Å². The van der Waals surface area contributed by atoms with Gasteiger partial charge in [-0.1, -0.05) is 42.1 Å². The number of nitrogens with zero attached hydrogens (tertiary/aromatic N) is 4. The molecule has 3 rings (SSSR count). The molecule has 1 aromatic carbocycles. The minimum atomic E-state index is 0.875. The highest BCUT2D eigenvalue weighted by Crippen LogP contribution is 2.22. The third-order valence-electron chi connectivity index (χ3n) is 3.24. The summed E-state index contributed by atoms with van der Waals surface area (Å²) in [7, 11) is 2.00. The standard InChI is InChI=1S/C16H16N4S/c1-20-15(14-7-10-17-11-8-14)18-19-16(20)21-12-9-13-5-3-2-4-6-13/h2-8,10-11H,9,12H2,1H3. The zero-order chi connectivity index (χ0) is 14.5. The fraction of sp³-hybridized carbons (Fsp3) is 0.188. The van der Waals surface area contributed by atoms with E-state index in [1.54, 1.807) is 24.2 Å². The van der Waals surface area contributed by atoms with Crippen LogP contribution in [0.15, 0.2) is 60.0 Å². The predicted molar refractivity (Wildman–Crippen MR) is 85.1 cm³/mol. The molecule has 0 aliphatic rings. The number of pyridine rings is 1. The predicted octanol–water partition coefficient (Wildman–Crippen LogP) is 3.21. The molecule has 0 aliphatic heterocycles. The lowest BCUT2D eigenvalue weighted by atomic mass is 10.2. The molecule has 0 bridgehead atoms. The van der Waals surface area contributed by atoms with E-state index in [9.17, 15) is 0 Å². The van der Waals surface area contributed by atoms with Gasteiger partial charge in [0.2, 0.25) is 0 Å². The molecule has 5 heteroatoms. The smallest absolute Gasteiger partial charge is 0.191 e. The zero-order valence-electron chi connectivity index (χ0n) is 11.8. The molecule has 0 N–H and O–H groups in total. The quantitative estimate of drug-likeness (QED) is 0.678. The number of hydrogen-bond donors (Lipinski definition) is 0. The van der Waals surface area contributed by atoms with Crippen LogP contribution in [0.2, 0.25) is 0 Å². The summed E-state index contributed by atoms with van der Waals surface area (Å²) in [4.78, 5) is 4.03. The van der Waals surface area contributed by atoms with Gasteiger partial charge in [0.1, 0.15) is 0 Å². The number of aryl methyl sites for hydroxylation is 1. The van der Waals surface area contributed by atoms with Crippen molar-refractivity contribution in [3.8, 4) is 11.4 Å². The van der Waals surface area contributed by atoms with Crippen LogP contribution in [0, 0.1) is 0 Å². The lowest BCUT2D eigenvalue weighted by Gasteiger charge is -2.04. The van der Waals surface area contributed by atoms with E-state index in [4.69, 9.17) is 0 Å². The molecular weight excluding hydrogens is 280 g/mol. The molecule has 0 atom stereocenters. The molecule has 3 aromatic rings. The van der Waals surface area contributed by atoms with Crippen LogP contribution in [0.4, 0.5) is 0 Å². The van der Waals surface area contributed by atoms with Crippen LogP contribution in [0.1, 0.15) is 5.56 Å². The van der Waals surface area contributed by atoms with Gasteiger partial charge >= 0.3 is 0 Å². The van der Waals surface area contributed by atoms with Gasteiger partial charge in [0.05, 0.1) is 0 Å². The third kappa shape index (κ3) is 3.31. The fourth-order valence-corrected chi connectivity index (χ4v) is 3.00. The summed E-state index contributed by atoms with van der Waals surface area (Å²) in [6, 6.07) is 14.4. The van der Waals surface area contributed by atoms with Crippen LogP contribution in [-0.2, 0) is 13.5 Å². The SMILES string of the molecule is Cn1c(SCCc2ccccc2)nnc1-c1ccncc1. The van der Waals surface area contributed by atoms with Crippen LogP contribution in [0.5, 0.6) is 0 Å². The molecule has 21 heavy (non-hydrogen) atoms. The Labute approximate surface area is 128 Å². The van der Waals surface area contributed by atoms with Crippen molar-refractivity contribution in [1.29, 1.82) is 0 Å². The molecule has 0 fully saturated rings. The lowest BCUT2D eigenvalue weighted by Crippen LogP contribution is -1.96. The Morgan fingerprint density at radius 2 is 1.76 bits per heavy atom. The number of thioether (sulfide) groups is 1. The largest absolute Gasteiger partial charge is 0.305 e. The minimum Gasteiger partial charge on any atom is -0.305 e. The topological polar surface area (TPSA) is 43.6 Å². The highest BCUT2D eigenvalue weighted by Gasteiger charge is 2.10. The maximum atomic E-state index is 4.28. The van der Waals surface area contributed by atoms with Gasteiger partial charge in [-0.15, -0.1) is 10.2 Å². The van der Waals surface area contributed by atoms with Gasteiger partial charge in [-0.2, -0.15) is 0 Å². The van der Waals surface area contributed by atoms with E-state index in [1.165, 1.54) is 5.56 Å². The maximum Gasteiger partial charge on any atom is 0.191 e.